The largest absolute Gasteiger partial charge is 0.308 e. The van der Waals surface area contributed by atoms with Crippen molar-refractivity contribution < 1.29 is 8.78 Å². The minimum absolute atomic E-state index is 0.104. The lowest BCUT2D eigenvalue weighted by molar-refractivity contribution is 0.589. The molecule has 0 aliphatic carbocycles. The second kappa shape index (κ2) is 14.7. The molecule has 2 aromatic heterocycles. The van der Waals surface area contributed by atoms with E-state index >= 15 is 8.78 Å². The van der Waals surface area contributed by atoms with Crippen molar-refractivity contribution in [3.63, 3.8) is 0 Å². The van der Waals surface area contributed by atoms with Gasteiger partial charge in [-0.1, -0.05) is 157 Å². The Kier molecular flexibility index (Phi) is 8.95. The highest BCUT2D eigenvalue weighted by Gasteiger charge is 2.23. The Morgan fingerprint density at radius 2 is 0.814 bits per heavy atom. The molecule has 59 heavy (non-hydrogen) atoms. The first-order valence-electron chi connectivity index (χ1n) is 19.6. The highest BCUT2D eigenvalue weighted by molar-refractivity contribution is 6.11. The molecule has 10 rings (SSSR count). The molecule has 0 unspecified atom stereocenters. The van der Waals surface area contributed by atoms with E-state index in [0.717, 1.165) is 55.2 Å². The minimum Gasteiger partial charge on any atom is -0.308 e. The van der Waals surface area contributed by atoms with Crippen LogP contribution < -0.4 is 0 Å². The van der Waals surface area contributed by atoms with Crippen LogP contribution in [0.5, 0.6) is 0 Å². The average molecular weight is 767 g/mol. The molecule has 0 radical (unpaired) electrons. The van der Waals surface area contributed by atoms with Gasteiger partial charge in [0.05, 0.1) is 22.3 Å². The number of benzene rings is 8. The van der Waals surface area contributed by atoms with Crippen LogP contribution >= 0.6 is 0 Å². The summed E-state index contributed by atoms with van der Waals surface area (Å²) in [7, 11) is 0. The van der Waals surface area contributed by atoms with Gasteiger partial charge < -0.3 is 4.57 Å². The molecule has 8 aromatic carbocycles. The van der Waals surface area contributed by atoms with E-state index in [1.54, 1.807) is 6.07 Å². The van der Waals surface area contributed by atoms with Crippen molar-refractivity contribution in [2.75, 3.05) is 0 Å². The summed E-state index contributed by atoms with van der Waals surface area (Å²) in [5.74, 6) is 0.150. The number of halogens is 2. The summed E-state index contributed by atoms with van der Waals surface area (Å²) in [4.78, 5) is 15.2. The molecule has 0 fully saturated rings. The zero-order chi connectivity index (χ0) is 40.0. The Balaban J connectivity index is 1.32. The van der Waals surface area contributed by atoms with Gasteiger partial charge in [0.25, 0.3) is 0 Å². The predicted molar refractivity (Wildman–Crippen MR) is 236 cm³/mol. The number of aryl methyl sites for hydroxylation is 2. The van der Waals surface area contributed by atoms with Crippen LogP contribution in [0.1, 0.15) is 11.1 Å². The molecule has 0 amide bonds. The van der Waals surface area contributed by atoms with Gasteiger partial charge in [-0.05, 0) is 78.1 Å². The maximum atomic E-state index is 15.7. The van der Waals surface area contributed by atoms with E-state index in [0.29, 0.717) is 34.3 Å². The third-order valence-corrected chi connectivity index (χ3v) is 11.0. The van der Waals surface area contributed by atoms with Gasteiger partial charge in [-0.2, -0.15) is 0 Å². The van der Waals surface area contributed by atoms with E-state index in [2.05, 4.69) is 103 Å². The second-order valence-corrected chi connectivity index (χ2v) is 14.9. The van der Waals surface area contributed by atoms with Gasteiger partial charge in [0.1, 0.15) is 11.6 Å². The quantitative estimate of drug-likeness (QED) is 0.162. The SMILES string of the molecule is Cc1ccc(-c2ccc3c4ccc(-c5ccc(C)cc5)cc4n(-c4cc(-c5c(F)cccc5F)ccc4-c4nc(-c5ccccc5)nc(-c5ccccc5)n4)c3c2)cc1. The smallest absolute Gasteiger partial charge is 0.166 e. The summed E-state index contributed by atoms with van der Waals surface area (Å²) < 4.78 is 33.6. The van der Waals surface area contributed by atoms with Crippen molar-refractivity contribution in [3.8, 4) is 73.2 Å². The molecule has 2 heterocycles. The summed E-state index contributed by atoms with van der Waals surface area (Å²) in [6.07, 6.45) is 0. The van der Waals surface area contributed by atoms with Crippen LogP contribution in [0.25, 0.3) is 95.0 Å². The maximum Gasteiger partial charge on any atom is 0.166 e. The Bertz CT molecular complexity index is 2990. The predicted octanol–water partition coefficient (Wildman–Crippen LogP) is 13.9. The van der Waals surface area contributed by atoms with Crippen LogP contribution in [0.3, 0.4) is 0 Å². The van der Waals surface area contributed by atoms with Gasteiger partial charge >= 0.3 is 0 Å². The third-order valence-electron chi connectivity index (χ3n) is 11.0. The van der Waals surface area contributed by atoms with Crippen LogP contribution in [0.15, 0.2) is 182 Å². The first kappa shape index (κ1) is 35.8. The van der Waals surface area contributed by atoms with Crippen molar-refractivity contribution >= 4 is 21.8 Å². The Morgan fingerprint density at radius 1 is 0.373 bits per heavy atom. The number of nitrogens with zero attached hydrogens (tertiary/aromatic N) is 4. The summed E-state index contributed by atoms with van der Waals surface area (Å²) in [6, 6.07) is 59.1. The fourth-order valence-electron chi connectivity index (χ4n) is 7.89. The van der Waals surface area contributed by atoms with E-state index < -0.39 is 11.6 Å². The summed E-state index contributed by atoms with van der Waals surface area (Å²) in [5.41, 5.74) is 11.7. The fraction of sp³-hybridized carbons (Fsp3) is 0.0377. The molecule has 0 atom stereocenters. The molecular weight excluding hydrogens is 731 g/mol. The second-order valence-electron chi connectivity index (χ2n) is 14.9. The van der Waals surface area contributed by atoms with Crippen molar-refractivity contribution in [2.45, 2.75) is 13.8 Å². The molecule has 0 N–H and O–H groups in total. The number of aromatic nitrogens is 4. The third kappa shape index (κ3) is 6.64. The lowest BCUT2D eigenvalue weighted by atomic mass is 10.00. The highest BCUT2D eigenvalue weighted by Crippen LogP contribution is 2.41. The molecule has 0 spiro atoms. The van der Waals surface area contributed by atoms with Crippen molar-refractivity contribution in [1.82, 2.24) is 19.5 Å². The number of hydrogen-bond donors (Lipinski definition) is 0. The molecule has 0 aliphatic rings. The molecular formula is C53H36F2N4. The lowest BCUT2D eigenvalue weighted by Crippen LogP contribution is -2.04. The van der Waals surface area contributed by atoms with E-state index in [9.17, 15) is 0 Å². The van der Waals surface area contributed by atoms with Gasteiger partial charge in [-0.3, -0.25) is 0 Å². The minimum atomic E-state index is -0.646. The van der Waals surface area contributed by atoms with Crippen LogP contribution in [0, 0.1) is 25.5 Å². The van der Waals surface area contributed by atoms with Crippen LogP contribution in [-0.4, -0.2) is 19.5 Å². The zero-order valence-electron chi connectivity index (χ0n) is 32.4. The van der Waals surface area contributed by atoms with E-state index in [4.69, 9.17) is 15.0 Å². The normalized spacial score (nSPS) is 11.4. The Labute approximate surface area is 340 Å². The first-order chi connectivity index (χ1) is 28.9. The molecule has 0 bridgehead atoms. The van der Waals surface area contributed by atoms with E-state index in [1.165, 1.54) is 29.3 Å². The molecule has 4 nitrogen and oxygen atoms in total. The topological polar surface area (TPSA) is 43.6 Å². The van der Waals surface area contributed by atoms with Gasteiger partial charge in [0, 0.05) is 27.5 Å². The first-order valence-corrected chi connectivity index (χ1v) is 19.6. The molecule has 282 valence electrons. The van der Waals surface area contributed by atoms with Crippen LogP contribution in [-0.2, 0) is 0 Å². The Morgan fingerprint density at radius 3 is 1.31 bits per heavy atom. The lowest BCUT2D eigenvalue weighted by Gasteiger charge is -2.17. The maximum absolute atomic E-state index is 15.7. The zero-order valence-corrected chi connectivity index (χ0v) is 32.4. The van der Waals surface area contributed by atoms with Gasteiger partial charge in [0.2, 0.25) is 0 Å². The average Bonchev–Trinajstić information content (AvgIpc) is 3.60. The monoisotopic (exact) mass is 766 g/mol. The molecule has 0 aliphatic heterocycles. The summed E-state index contributed by atoms with van der Waals surface area (Å²) in [6.45, 7) is 4.16. The number of fused-ring (bicyclic) bond motifs is 3. The van der Waals surface area contributed by atoms with E-state index in [1.807, 2.05) is 72.8 Å². The van der Waals surface area contributed by atoms with Crippen LogP contribution in [0.4, 0.5) is 8.78 Å². The van der Waals surface area contributed by atoms with Crippen molar-refractivity contribution in [3.05, 3.63) is 205 Å². The molecule has 6 heteroatoms. The Hall–Kier alpha value is -7.57. The van der Waals surface area contributed by atoms with E-state index in [-0.39, 0.29) is 5.56 Å². The van der Waals surface area contributed by atoms with Gasteiger partial charge in [0.15, 0.2) is 17.5 Å². The fourth-order valence-corrected chi connectivity index (χ4v) is 7.89. The molecule has 0 saturated carbocycles. The van der Waals surface area contributed by atoms with Crippen molar-refractivity contribution in [2.24, 2.45) is 0 Å². The van der Waals surface area contributed by atoms with Crippen molar-refractivity contribution in [1.29, 1.82) is 0 Å². The summed E-state index contributed by atoms with van der Waals surface area (Å²) in [5, 5.41) is 2.07. The number of hydrogen-bond acceptors (Lipinski definition) is 3. The summed E-state index contributed by atoms with van der Waals surface area (Å²) >= 11 is 0. The number of rotatable bonds is 7. The highest BCUT2D eigenvalue weighted by atomic mass is 19.1. The molecule has 0 saturated heterocycles. The van der Waals surface area contributed by atoms with Gasteiger partial charge in [-0.15, -0.1) is 0 Å². The van der Waals surface area contributed by atoms with Crippen LogP contribution in [0.2, 0.25) is 0 Å². The standard InChI is InChI=1S/C53H36F2N4/c1-33-16-20-35(21-17-33)39-24-27-42-43-28-25-40(36-22-18-34(2)19-23-36)31-48(43)59(47(42)30-39)49-32-41(50-45(54)14-9-15-46(50)55)26-29-44(49)53-57-51(37-10-5-3-6-11-37)56-52(58-53)38-12-7-4-8-13-38/h3-32H,1-2H3. The van der Waals surface area contributed by atoms with Gasteiger partial charge in [-0.25, -0.2) is 23.7 Å². The molecule has 10 aromatic rings.